The number of hydrogen-bond acceptors (Lipinski definition) is 7. The maximum Gasteiger partial charge on any atom is 0.343 e. The van der Waals surface area contributed by atoms with Crippen molar-refractivity contribution in [3.05, 3.63) is 150 Å². The van der Waals surface area contributed by atoms with Crippen LogP contribution in [0.5, 0.6) is 17.2 Å². The number of rotatable bonds is 12. The third kappa shape index (κ3) is 8.04. The first kappa shape index (κ1) is 33.8. The largest absolute Gasteiger partial charge is 0.423 e. The first-order valence-corrected chi connectivity index (χ1v) is 16.1. The van der Waals surface area contributed by atoms with Crippen molar-refractivity contribution < 1.29 is 33.4 Å². The Morgan fingerprint density at radius 3 is 1.52 bits per heavy atom. The van der Waals surface area contributed by atoms with Gasteiger partial charge in [-0.05, 0) is 115 Å². The molecule has 0 atom stereocenters. The molecular formula is C41H38O7. The molecule has 0 saturated heterocycles. The van der Waals surface area contributed by atoms with E-state index in [0.29, 0.717) is 34.3 Å². The Morgan fingerprint density at radius 2 is 1.08 bits per heavy atom. The SMILES string of the molecule is C=CC(=O)Cc1ccc(C(=O)Oc2ccc(C3(c4ccc(OC(=O)c5ccc(OC(=O)C=C)cc5)cc4)CCC(CC)CC3)cc2)cc1. The predicted molar refractivity (Wildman–Crippen MR) is 183 cm³/mol. The van der Waals surface area contributed by atoms with Crippen molar-refractivity contribution in [1.29, 1.82) is 0 Å². The van der Waals surface area contributed by atoms with E-state index >= 15 is 0 Å². The third-order valence-corrected chi connectivity index (χ3v) is 9.04. The van der Waals surface area contributed by atoms with Gasteiger partial charge >= 0.3 is 17.9 Å². The van der Waals surface area contributed by atoms with Gasteiger partial charge in [-0.25, -0.2) is 14.4 Å². The zero-order valence-corrected chi connectivity index (χ0v) is 27.0. The highest BCUT2D eigenvalue weighted by Crippen LogP contribution is 2.47. The fourth-order valence-corrected chi connectivity index (χ4v) is 6.19. The van der Waals surface area contributed by atoms with Gasteiger partial charge in [-0.2, -0.15) is 0 Å². The molecule has 244 valence electrons. The van der Waals surface area contributed by atoms with Crippen LogP contribution in [0.4, 0.5) is 0 Å². The van der Waals surface area contributed by atoms with Gasteiger partial charge in [0.25, 0.3) is 0 Å². The van der Waals surface area contributed by atoms with Crippen molar-refractivity contribution in [2.24, 2.45) is 5.92 Å². The molecule has 0 aliphatic heterocycles. The molecule has 0 heterocycles. The average molecular weight is 643 g/mol. The smallest absolute Gasteiger partial charge is 0.343 e. The molecule has 0 unspecified atom stereocenters. The van der Waals surface area contributed by atoms with Gasteiger partial charge in [-0.3, -0.25) is 4.79 Å². The van der Waals surface area contributed by atoms with Crippen molar-refractivity contribution in [3.63, 3.8) is 0 Å². The minimum absolute atomic E-state index is 0.0833. The molecule has 4 aromatic rings. The zero-order chi connectivity index (χ0) is 34.1. The van der Waals surface area contributed by atoms with Gasteiger partial charge in [0.05, 0.1) is 11.1 Å². The number of esters is 3. The second kappa shape index (κ2) is 15.4. The standard InChI is InChI=1S/C41H38O7/c1-4-28-23-25-41(26-24-28,32-13-19-36(20-14-32)47-39(44)30-9-7-29(8-10-30)27-34(42)5-2)33-15-21-37(22-16-33)48-40(45)31-11-17-35(18-12-31)46-38(43)6-3/h5-22,28H,2-4,23-27H2,1H3. The molecule has 1 fully saturated rings. The molecular weight excluding hydrogens is 604 g/mol. The van der Waals surface area contributed by atoms with Crippen molar-refractivity contribution in [3.8, 4) is 17.2 Å². The summed E-state index contributed by atoms with van der Waals surface area (Å²) in [5.74, 6) is 0.188. The summed E-state index contributed by atoms with van der Waals surface area (Å²) in [5.41, 5.74) is 3.55. The molecule has 48 heavy (non-hydrogen) atoms. The van der Waals surface area contributed by atoms with Crippen LogP contribution >= 0.6 is 0 Å². The highest BCUT2D eigenvalue weighted by molar-refractivity contribution is 5.93. The molecule has 0 spiro atoms. The molecule has 1 aliphatic rings. The predicted octanol–water partition coefficient (Wildman–Crippen LogP) is 8.40. The van der Waals surface area contributed by atoms with E-state index in [2.05, 4.69) is 20.1 Å². The van der Waals surface area contributed by atoms with Crippen molar-refractivity contribution >= 4 is 23.7 Å². The lowest BCUT2D eigenvalue weighted by Crippen LogP contribution is -2.33. The van der Waals surface area contributed by atoms with Crippen molar-refractivity contribution in [2.45, 2.75) is 50.9 Å². The first-order chi connectivity index (χ1) is 23.2. The van der Waals surface area contributed by atoms with E-state index in [1.165, 1.54) is 30.3 Å². The number of hydrogen-bond donors (Lipinski definition) is 0. The Balaban J connectivity index is 1.29. The summed E-state index contributed by atoms with van der Waals surface area (Å²) in [4.78, 5) is 48.7. The number of ketones is 1. The molecule has 0 bridgehead atoms. The van der Waals surface area contributed by atoms with Crippen molar-refractivity contribution in [1.82, 2.24) is 0 Å². The van der Waals surface area contributed by atoms with Crippen LogP contribution in [-0.4, -0.2) is 23.7 Å². The van der Waals surface area contributed by atoms with E-state index in [1.807, 2.05) is 48.5 Å². The van der Waals surface area contributed by atoms with Gasteiger partial charge < -0.3 is 14.2 Å². The van der Waals surface area contributed by atoms with E-state index < -0.39 is 17.9 Å². The fourth-order valence-electron chi connectivity index (χ4n) is 6.19. The molecule has 0 aromatic heterocycles. The molecule has 5 rings (SSSR count). The van der Waals surface area contributed by atoms with Crippen LogP contribution in [0.3, 0.4) is 0 Å². The normalized spacial score (nSPS) is 17.1. The topological polar surface area (TPSA) is 96.0 Å². The molecule has 1 saturated carbocycles. The number of carbonyl (C=O) groups is 4. The maximum atomic E-state index is 12.8. The van der Waals surface area contributed by atoms with Crippen LogP contribution in [0.15, 0.2) is 122 Å². The molecule has 7 heteroatoms. The Hall–Kier alpha value is -5.56. The quantitative estimate of drug-likeness (QED) is 0.0870. The third-order valence-electron chi connectivity index (χ3n) is 9.04. The van der Waals surface area contributed by atoms with Gasteiger partial charge in [-0.1, -0.05) is 62.9 Å². The lowest BCUT2D eigenvalue weighted by molar-refractivity contribution is -0.129. The van der Waals surface area contributed by atoms with E-state index in [9.17, 15) is 19.2 Å². The van der Waals surface area contributed by atoms with Gasteiger partial charge in [0.15, 0.2) is 5.78 Å². The summed E-state index contributed by atoms with van der Waals surface area (Å²) in [6.45, 7) is 9.10. The molecule has 0 N–H and O–H groups in total. The van der Waals surface area contributed by atoms with Crippen molar-refractivity contribution in [2.75, 3.05) is 0 Å². The minimum atomic E-state index is -0.580. The zero-order valence-electron chi connectivity index (χ0n) is 27.0. The minimum Gasteiger partial charge on any atom is -0.423 e. The summed E-state index contributed by atoms with van der Waals surface area (Å²) in [6, 6.07) is 28.3. The molecule has 1 aliphatic carbocycles. The summed E-state index contributed by atoms with van der Waals surface area (Å²) in [7, 11) is 0. The van der Waals surface area contributed by atoms with E-state index in [4.69, 9.17) is 14.2 Å². The summed E-state index contributed by atoms with van der Waals surface area (Å²) in [6.07, 6.45) is 7.85. The van der Waals surface area contributed by atoms with Crippen LogP contribution < -0.4 is 14.2 Å². The molecule has 0 amide bonds. The van der Waals surface area contributed by atoms with Gasteiger partial charge in [0.2, 0.25) is 0 Å². The van der Waals surface area contributed by atoms with Crippen LogP contribution in [-0.2, 0) is 21.4 Å². The Kier molecular flexibility index (Phi) is 10.8. The highest BCUT2D eigenvalue weighted by Gasteiger charge is 2.38. The summed E-state index contributed by atoms with van der Waals surface area (Å²) >= 11 is 0. The van der Waals surface area contributed by atoms with Crippen LogP contribution in [0.2, 0.25) is 0 Å². The Labute approximate surface area is 280 Å². The second-order valence-electron chi connectivity index (χ2n) is 12.0. The van der Waals surface area contributed by atoms with Gasteiger partial charge in [0.1, 0.15) is 17.2 Å². The fraction of sp³-hybridized carbons (Fsp3) is 0.220. The first-order valence-electron chi connectivity index (χ1n) is 16.1. The van der Waals surface area contributed by atoms with E-state index in [1.54, 1.807) is 24.3 Å². The van der Waals surface area contributed by atoms with Crippen LogP contribution in [0.25, 0.3) is 0 Å². The Morgan fingerprint density at radius 1 is 0.646 bits per heavy atom. The van der Waals surface area contributed by atoms with Gasteiger partial charge in [0, 0.05) is 17.9 Å². The van der Waals surface area contributed by atoms with Gasteiger partial charge in [-0.15, -0.1) is 0 Å². The molecule has 4 aromatic carbocycles. The van der Waals surface area contributed by atoms with E-state index in [-0.39, 0.29) is 17.6 Å². The summed E-state index contributed by atoms with van der Waals surface area (Å²) in [5, 5.41) is 0. The monoisotopic (exact) mass is 642 g/mol. The van der Waals surface area contributed by atoms with Crippen LogP contribution in [0.1, 0.15) is 76.4 Å². The number of allylic oxidation sites excluding steroid dienone is 1. The lowest BCUT2D eigenvalue weighted by atomic mass is 9.63. The van der Waals surface area contributed by atoms with Crippen LogP contribution in [0, 0.1) is 5.92 Å². The average Bonchev–Trinajstić information content (AvgIpc) is 3.12. The Bertz CT molecular complexity index is 1650. The lowest BCUT2D eigenvalue weighted by Gasteiger charge is -2.41. The summed E-state index contributed by atoms with van der Waals surface area (Å²) < 4.78 is 16.4. The molecule has 0 radical (unpaired) electrons. The number of ether oxygens (including phenoxy) is 3. The number of benzene rings is 4. The number of carbonyl (C=O) groups excluding carboxylic acids is 4. The highest BCUT2D eigenvalue weighted by atomic mass is 16.5. The molecule has 7 nitrogen and oxygen atoms in total. The maximum absolute atomic E-state index is 12.8. The van der Waals surface area contributed by atoms with E-state index in [0.717, 1.165) is 54.9 Å². The second-order valence-corrected chi connectivity index (χ2v) is 12.0.